The molecule has 2 N–H and O–H groups in total. The van der Waals surface area contributed by atoms with Gasteiger partial charge >= 0.3 is 0 Å². The summed E-state index contributed by atoms with van der Waals surface area (Å²) >= 11 is 5.89. The Morgan fingerprint density at radius 2 is 1.70 bits per heavy atom. The first-order valence-electron chi connectivity index (χ1n) is 13.3. The number of halogens is 1. The van der Waals surface area contributed by atoms with E-state index in [9.17, 15) is 14.7 Å². The van der Waals surface area contributed by atoms with E-state index in [-0.39, 0.29) is 28.8 Å². The van der Waals surface area contributed by atoms with Crippen molar-refractivity contribution in [2.75, 3.05) is 19.7 Å². The highest BCUT2D eigenvalue weighted by molar-refractivity contribution is 6.32. The molecule has 1 aliphatic rings. The maximum absolute atomic E-state index is 12.9. The van der Waals surface area contributed by atoms with E-state index in [1.807, 2.05) is 47.4 Å². The number of phenols is 1. The zero-order valence-electron chi connectivity index (χ0n) is 21.9. The van der Waals surface area contributed by atoms with Crippen molar-refractivity contribution < 1.29 is 19.4 Å². The molecular weight excluding hydrogens is 526 g/mol. The lowest BCUT2D eigenvalue weighted by Crippen LogP contribution is -2.41. The van der Waals surface area contributed by atoms with E-state index in [0.29, 0.717) is 11.7 Å². The molecular formula is C32H30ClN3O4. The number of amides is 2. The number of piperidine rings is 1. The van der Waals surface area contributed by atoms with Crippen LogP contribution in [0.2, 0.25) is 5.02 Å². The lowest BCUT2D eigenvalue weighted by atomic mass is 9.90. The van der Waals surface area contributed by atoms with Gasteiger partial charge in [0.15, 0.2) is 6.61 Å². The highest BCUT2D eigenvalue weighted by Gasteiger charge is 2.23. The third-order valence-electron chi connectivity index (χ3n) is 7.18. The highest BCUT2D eigenvalue weighted by Crippen LogP contribution is 2.29. The van der Waals surface area contributed by atoms with Crippen molar-refractivity contribution in [2.24, 2.45) is 11.0 Å². The van der Waals surface area contributed by atoms with Gasteiger partial charge in [-0.1, -0.05) is 66.2 Å². The molecule has 0 radical (unpaired) electrons. The molecule has 7 nitrogen and oxygen atoms in total. The van der Waals surface area contributed by atoms with Gasteiger partial charge in [0.1, 0.15) is 11.5 Å². The monoisotopic (exact) mass is 555 g/mol. The second kappa shape index (κ2) is 12.7. The first kappa shape index (κ1) is 27.2. The summed E-state index contributed by atoms with van der Waals surface area (Å²) in [4.78, 5) is 27.2. The Balaban J connectivity index is 1.18. The lowest BCUT2D eigenvalue weighted by Gasteiger charge is -2.32. The third-order valence-corrected chi connectivity index (χ3v) is 7.49. The number of fused-ring (bicyclic) bond motifs is 1. The number of hydrazone groups is 1. The summed E-state index contributed by atoms with van der Waals surface area (Å²) in [6, 6.07) is 26.0. The number of ether oxygens (including phenoxy) is 1. The first-order valence-corrected chi connectivity index (χ1v) is 13.6. The maximum atomic E-state index is 12.9. The SMILES string of the molecule is O=C(NN=Cc1ccc(OCC(=O)N2CCC(Cc3ccccc3)CC2)c2ccccc12)c1ccc(O)c(Cl)c1. The van der Waals surface area contributed by atoms with Crippen LogP contribution in [0.1, 0.15) is 34.3 Å². The predicted octanol–water partition coefficient (Wildman–Crippen LogP) is 5.82. The van der Waals surface area contributed by atoms with Crippen LogP contribution in [-0.2, 0) is 11.2 Å². The molecule has 0 bridgehead atoms. The number of carbonyl (C=O) groups excluding carboxylic acids is 2. The maximum Gasteiger partial charge on any atom is 0.271 e. The van der Waals surface area contributed by atoms with Gasteiger partial charge < -0.3 is 14.7 Å². The molecule has 4 aromatic rings. The molecule has 2 amide bonds. The van der Waals surface area contributed by atoms with Gasteiger partial charge in [0.2, 0.25) is 0 Å². The topological polar surface area (TPSA) is 91.2 Å². The molecule has 1 heterocycles. The summed E-state index contributed by atoms with van der Waals surface area (Å²) in [5.41, 5.74) is 4.88. The summed E-state index contributed by atoms with van der Waals surface area (Å²) in [6.45, 7) is 1.47. The number of nitrogens with one attached hydrogen (secondary N) is 1. The van der Waals surface area contributed by atoms with E-state index in [1.165, 1.54) is 23.8 Å². The average Bonchev–Trinajstić information content (AvgIpc) is 2.98. The summed E-state index contributed by atoms with van der Waals surface area (Å²) < 4.78 is 5.99. The largest absolute Gasteiger partial charge is 0.506 e. The smallest absolute Gasteiger partial charge is 0.271 e. The summed E-state index contributed by atoms with van der Waals surface area (Å²) in [6.07, 6.45) is 4.59. The minimum atomic E-state index is -0.454. The number of hydrogen-bond donors (Lipinski definition) is 2. The molecule has 204 valence electrons. The predicted molar refractivity (Wildman–Crippen MR) is 157 cm³/mol. The van der Waals surface area contributed by atoms with E-state index in [0.717, 1.165) is 48.7 Å². The minimum Gasteiger partial charge on any atom is -0.506 e. The van der Waals surface area contributed by atoms with Crippen molar-refractivity contribution in [1.29, 1.82) is 0 Å². The summed E-state index contributed by atoms with van der Waals surface area (Å²) in [7, 11) is 0. The van der Waals surface area contributed by atoms with Crippen LogP contribution in [0.25, 0.3) is 10.8 Å². The number of phenolic OH excluding ortho intramolecular Hbond substituents is 1. The van der Waals surface area contributed by atoms with Crippen LogP contribution < -0.4 is 10.2 Å². The van der Waals surface area contributed by atoms with Crippen molar-refractivity contribution in [3.63, 3.8) is 0 Å². The fraction of sp³-hybridized carbons (Fsp3) is 0.219. The Labute approximate surface area is 238 Å². The van der Waals surface area contributed by atoms with Gasteiger partial charge in [0.25, 0.3) is 11.8 Å². The number of nitrogens with zero attached hydrogens (tertiary/aromatic N) is 2. The Hall–Kier alpha value is -4.36. The van der Waals surface area contributed by atoms with Gasteiger partial charge in [-0.15, -0.1) is 0 Å². The van der Waals surface area contributed by atoms with Crippen LogP contribution in [0.15, 0.2) is 90.0 Å². The normalized spacial score (nSPS) is 14.0. The Bertz CT molecular complexity index is 1530. The fourth-order valence-corrected chi connectivity index (χ4v) is 5.15. The van der Waals surface area contributed by atoms with E-state index >= 15 is 0 Å². The van der Waals surface area contributed by atoms with Gasteiger partial charge in [0, 0.05) is 29.6 Å². The van der Waals surface area contributed by atoms with E-state index in [1.54, 1.807) is 6.21 Å². The molecule has 0 atom stereocenters. The van der Waals surface area contributed by atoms with Crippen LogP contribution >= 0.6 is 11.6 Å². The average molecular weight is 556 g/mol. The number of rotatable bonds is 8. The van der Waals surface area contributed by atoms with E-state index in [2.05, 4.69) is 34.8 Å². The lowest BCUT2D eigenvalue weighted by molar-refractivity contribution is -0.134. The quantitative estimate of drug-likeness (QED) is 0.212. The van der Waals surface area contributed by atoms with Crippen molar-refractivity contribution in [1.82, 2.24) is 10.3 Å². The Morgan fingerprint density at radius 3 is 2.45 bits per heavy atom. The van der Waals surface area contributed by atoms with Crippen LogP contribution in [0, 0.1) is 5.92 Å². The molecule has 0 saturated carbocycles. The Kier molecular flexibility index (Phi) is 8.62. The van der Waals surface area contributed by atoms with Crippen molar-refractivity contribution >= 4 is 40.4 Å². The zero-order valence-corrected chi connectivity index (χ0v) is 22.7. The molecule has 5 rings (SSSR count). The number of carbonyl (C=O) groups is 2. The molecule has 0 aliphatic carbocycles. The number of hydrogen-bond acceptors (Lipinski definition) is 5. The molecule has 0 unspecified atom stereocenters. The molecule has 1 aliphatic heterocycles. The second-order valence-electron chi connectivity index (χ2n) is 9.87. The standard InChI is InChI=1S/C32H30ClN3O4/c33-28-19-24(10-12-29(28)37)32(39)35-34-20-25-11-13-30(27-9-5-4-8-26(25)27)40-21-31(38)36-16-14-23(15-17-36)18-22-6-2-1-3-7-22/h1-13,19-20,23,37H,14-18,21H2,(H,35,39). The summed E-state index contributed by atoms with van der Waals surface area (Å²) in [5.74, 6) is 0.646. The second-order valence-corrected chi connectivity index (χ2v) is 10.3. The third kappa shape index (κ3) is 6.61. The molecule has 4 aromatic carbocycles. The zero-order chi connectivity index (χ0) is 27.9. The molecule has 1 fully saturated rings. The van der Waals surface area contributed by atoms with Crippen LogP contribution in [-0.4, -0.2) is 47.7 Å². The molecule has 0 spiro atoms. The molecule has 1 saturated heterocycles. The van der Waals surface area contributed by atoms with Crippen LogP contribution in [0.5, 0.6) is 11.5 Å². The number of benzene rings is 4. The van der Waals surface area contributed by atoms with Gasteiger partial charge in [-0.05, 0) is 66.5 Å². The van der Waals surface area contributed by atoms with Crippen molar-refractivity contribution in [2.45, 2.75) is 19.3 Å². The van der Waals surface area contributed by atoms with Crippen molar-refractivity contribution in [3.05, 3.63) is 107 Å². The molecule has 8 heteroatoms. The number of likely N-dealkylation sites (tertiary alicyclic amines) is 1. The molecule has 0 aromatic heterocycles. The van der Waals surface area contributed by atoms with E-state index in [4.69, 9.17) is 16.3 Å². The number of aromatic hydroxyl groups is 1. The molecule has 40 heavy (non-hydrogen) atoms. The minimum absolute atomic E-state index is 0.00933. The highest BCUT2D eigenvalue weighted by atomic mass is 35.5. The first-order chi connectivity index (χ1) is 19.5. The van der Waals surface area contributed by atoms with Gasteiger partial charge in [-0.25, -0.2) is 5.43 Å². The van der Waals surface area contributed by atoms with Crippen LogP contribution in [0.3, 0.4) is 0 Å². The summed E-state index contributed by atoms with van der Waals surface area (Å²) in [5, 5.41) is 15.4. The fourth-order valence-electron chi connectivity index (χ4n) is 4.97. The van der Waals surface area contributed by atoms with Crippen LogP contribution in [0.4, 0.5) is 0 Å². The van der Waals surface area contributed by atoms with Gasteiger partial charge in [-0.3, -0.25) is 9.59 Å². The van der Waals surface area contributed by atoms with E-state index < -0.39 is 5.91 Å². The Morgan fingerprint density at radius 1 is 0.975 bits per heavy atom. The van der Waals surface area contributed by atoms with Gasteiger partial charge in [0.05, 0.1) is 11.2 Å². The van der Waals surface area contributed by atoms with Crippen molar-refractivity contribution in [3.8, 4) is 11.5 Å². The van der Waals surface area contributed by atoms with Gasteiger partial charge in [-0.2, -0.15) is 5.10 Å².